The maximum Gasteiger partial charge on any atom is 0.287 e. The van der Waals surface area contributed by atoms with Crippen LogP contribution in [0.2, 0.25) is 0 Å². The Labute approximate surface area is 83.5 Å². The fourth-order valence-electron chi connectivity index (χ4n) is 1.20. The Balaban J connectivity index is 2.34. The van der Waals surface area contributed by atoms with E-state index in [1.54, 1.807) is 12.1 Å². The van der Waals surface area contributed by atoms with Gasteiger partial charge in [-0.3, -0.25) is 4.79 Å². The lowest BCUT2D eigenvalue weighted by molar-refractivity contribution is 0.0910. The van der Waals surface area contributed by atoms with Gasteiger partial charge in [-0.2, -0.15) is 0 Å². The maximum absolute atomic E-state index is 11.4. The summed E-state index contributed by atoms with van der Waals surface area (Å²) in [4.78, 5) is 11.4. The Bertz CT molecular complexity index is 270. The van der Waals surface area contributed by atoms with Crippen molar-refractivity contribution < 1.29 is 9.21 Å². The monoisotopic (exact) mass is 196 g/mol. The van der Waals surface area contributed by atoms with Gasteiger partial charge in [0.25, 0.3) is 5.91 Å². The van der Waals surface area contributed by atoms with Gasteiger partial charge in [-0.25, -0.2) is 0 Å². The first kappa shape index (κ1) is 10.8. The molecule has 0 aliphatic rings. The molecule has 14 heavy (non-hydrogen) atoms. The summed E-state index contributed by atoms with van der Waals surface area (Å²) >= 11 is 0. The third kappa shape index (κ3) is 3.22. The molecule has 0 bridgehead atoms. The minimum atomic E-state index is -0.167. The van der Waals surface area contributed by atoms with Crippen molar-refractivity contribution in [3.63, 3.8) is 0 Å². The van der Waals surface area contributed by atoms with Crippen LogP contribution in [0, 0.1) is 0 Å². The quantitative estimate of drug-likeness (QED) is 0.742. The van der Waals surface area contributed by atoms with Crippen molar-refractivity contribution in [3.05, 3.63) is 24.2 Å². The molecule has 4 heteroatoms. The molecular weight excluding hydrogens is 180 g/mol. The van der Waals surface area contributed by atoms with Crippen molar-refractivity contribution in [2.75, 3.05) is 6.54 Å². The Hall–Kier alpha value is -1.29. The number of nitrogens with two attached hydrogens (primary N) is 1. The van der Waals surface area contributed by atoms with E-state index in [0.29, 0.717) is 12.3 Å². The molecule has 1 atom stereocenters. The molecule has 0 aromatic carbocycles. The van der Waals surface area contributed by atoms with Gasteiger partial charge in [0.15, 0.2) is 5.76 Å². The van der Waals surface area contributed by atoms with E-state index >= 15 is 0 Å². The van der Waals surface area contributed by atoms with Gasteiger partial charge >= 0.3 is 0 Å². The second-order valence-corrected chi connectivity index (χ2v) is 3.28. The smallest absolute Gasteiger partial charge is 0.287 e. The Morgan fingerprint density at radius 2 is 2.50 bits per heavy atom. The van der Waals surface area contributed by atoms with Gasteiger partial charge in [0.05, 0.1) is 6.26 Å². The molecule has 0 aliphatic heterocycles. The molecule has 1 unspecified atom stereocenters. The van der Waals surface area contributed by atoms with E-state index in [1.807, 2.05) is 6.92 Å². The third-order valence-electron chi connectivity index (χ3n) is 1.96. The average molecular weight is 196 g/mol. The molecule has 0 saturated heterocycles. The number of nitrogens with one attached hydrogen (secondary N) is 1. The van der Waals surface area contributed by atoms with Gasteiger partial charge in [0, 0.05) is 6.04 Å². The summed E-state index contributed by atoms with van der Waals surface area (Å²) in [5.41, 5.74) is 5.37. The average Bonchev–Trinajstić information content (AvgIpc) is 2.67. The summed E-state index contributed by atoms with van der Waals surface area (Å²) in [5, 5.41) is 2.83. The highest BCUT2D eigenvalue weighted by atomic mass is 16.3. The SMILES string of the molecule is CC(CCCN)NC(=O)c1ccco1. The predicted molar refractivity (Wildman–Crippen MR) is 53.9 cm³/mol. The van der Waals surface area contributed by atoms with Crippen LogP contribution in [0.1, 0.15) is 30.3 Å². The van der Waals surface area contributed by atoms with Gasteiger partial charge in [-0.05, 0) is 38.4 Å². The van der Waals surface area contributed by atoms with E-state index in [1.165, 1.54) is 6.26 Å². The normalized spacial score (nSPS) is 12.4. The van der Waals surface area contributed by atoms with E-state index in [2.05, 4.69) is 5.32 Å². The Morgan fingerprint density at radius 3 is 3.07 bits per heavy atom. The van der Waals surface area contributed by atoms with Crippen molar-refractivity contribution in [1.29, 1.82) is 0 Å². The number of furan rings is 1. The first-order chi connectivity index (χ1) is 6.74. The van der Waals surface area contributed by atoms with Crippen LogP contribution in [0.4, 0.5) is 0 Å². The van der Waals surface area contributed by atoms with Crippen molar-refractivity contribution in [3.8, 4) is 0 Å². The minimum absolute atomic E-state index is 0.135. The predicted octanol–water partition coefficient (Wildman–Crippen LogP) is 1.14. The zero-order valence-electron chi connectivity index (χ0n) is 8.32. The van der Waals surface area contributed by atoms with Gasteiger partial charge in [-0.15, -0.1) is 0 Å². The van der Waals surface area contributed by atoms with Gasteiger partial charge < -0.3 is 15.5 Å². The molecule has 4 nitrogen and oxygen atoms in total. The van der Waals surface area contributed by atoms with E-state index in [4.69, 9.17) is 10.2 Å². The summed E-state index contributed by atoms with van der Waals surface area (Å²) in [6.45, 7) is 2.61. The van der Waals surface area contributed by atoms with Crippen LogP contribution in [0.25, 0.3) is 0 Å². The molecule has 0 fully saturated rings. The third-order valence-corrected chi connectivity index (χ3v) is 1.96. The Kier molecular flexibility index (Phi) is 4.19. The van der Waals surface area contributed by atoms with Gasteiger partial charge in [-0.1, -0.05) is 0 Å². The second kappa shape index (κ2) is 5.44. The van der Waals surface area contributed by atoms with Crippen molar-refractivity contribution in [1.82, 2.24) is 5.32 Å². The van der Waals surface area contributed by atoms with Crippen molar-refractivity contribution in [2.24, 2.45) is 5.73 Å². The molecule has 1 aromatic rings. The van der Waals surface area contributed by atoms with Crippen molar-refractivity contribution >= 4 is 5.91 Å². The molecule has 0 saturated carbocycles. The molecular formula is C10H16N2O2. The number of hydrogen-bond donors (Lipinski definition) is 2. The number of hydrogen-bond acceptors (Lipinski definition) is 3. The summed E-state index contributed by atoms with van der Waals surface area (Å²) in [6.07, 6.45) is 3.29. The zero-order valence-corrected chi connectivity index (χ0v) is 8.32. The van der Waals surface area contributed by atoms with Crippen LogP contribution in [-0.4, -0.2) is 18.5 Å². The highest BCUT2D eigenvalue weighted by Gasteiger charge is 2.10. The lowest BCUT2D eigenvalue weighted by atomic mass is 10.2. The van der Waals surface area contributed by atoms with Gasteiger partial charge in [0.1, 0.15) is 0 Å². The van der Waals surface area contributed by atoms with E-state index in [0.717, 1.165) is 12.8 Å². The topological polar surface area (TPSA) is 68.3 Å². The molecule has 1 heterocycles. The van der Waals surface area contributed by atoms with E-state index in [-0.39, 0.29) is 11.9 Å². The zero-order chi connectivity index (χ0) is 10.4. The summed E-state index contributed by atoms with van der Waals surface area (Å²) < 4.78 is 4.96. The van der Waals surface area contributed by atoms with Crippen LogP contribution in [-0.2, 0) is 0 Å². The van der Waals surface area contributed by atoms with Gasteiger partial charge in [0.2, 0.25) is 0 Å². The van der Waals surface area contributed by atoms with Crippen molar-refractivity contribution in [2.45, 2.75) is 25.8 Å². The molecule has 3 N–H and O–H groups in total. The second-order valence-electron chi connectivity index (χ2n) is 3.28. The Morgan fingerprint density at radius 1 is 1.71 bits per heavy atom. The lowest BCUT2D eigenvalue weighted by Gasteiger charge is -2.11. The van der Waals surface area contributed by atoms with Crippen LogP contribution in [0.15, 0.2) is 22.8 Å². The molecule has 1 amide bonds. The van der Waals surface area contributed by atoms with Crippen LogP contribution in [0.5, 0.6) is 0 Å². The lowest BCUT2D eigenvalue weighted by Crippen LogP contribution is -2.32. The van der Waals surface area contributed by atoms with E-state index in [9.17, 15) is 4.79 Å². The summed E-state index contributed by atoms with van der Waals surface area (Å²) in [7, 11) is 0. The first-order valence-electron chi connectivity index (χ1n) is 4.78. The first-order valence-corrected chi connectivity index (χ1v) is 4.78. The number of carbonyl (C=O) groups excluding carboxylic acids is 1. The highest BCUT2D eigenvalue weighted by molar-refractivity contribution is 5.91. The number of rotatable bonds is 5. The maximum atomic E-state index is 11.4. The molecule has 1 rings (SSSR count). The molecule has 0 spiro atoms. The summed E-state index contributed by atoms with van der Waals surface area (Å²) in [6, 6.07) is 3.47. The largest absolute Gasteiger partial charge is 0.459 e. The molecule has 0 radical (unpaired) electrons. The standard InChI is InChI=1S/C10H16N2O2/c1-8(4-2-6-11)12-10(13)9-5-3-7-14-9/h3,5,7-8H,2,4,6,11H2,1H3,(H,12,13). The summed E-state index contributed by atoms with van der Waals surface area (Å²) in [5.74, 6) is 0.184. The highest BCUT2D eigenvalue weighted by Crippen LogP contribution is 2.01. The molecule has 1 aromatic heterocycles. The van der Waals surface area contributed by atoms with E-state index < -0.39 is 0 Å². The molecule has 78 valence electrons. The fourth-order valence-corrected chi connectivity index (χ4v) is 1.20. The fraction of sp³-hybridized carbons (Fsp3) is 0.500. The number of amides is 1. The number of carbonyl (C=O) groups is 1. The molecule has 0 aliphatic carbocycles. The minimum Gasteiger partial charge on any atom is -0.459 e. The van der Waals surface area contributed by atoms with Crippen LogP contribution in [0.3, 0.4) is 0 Å². The van der Waals surface area contributed by atoms with Crippen LogP contribution < -0.4 is 11.1 Å². The van der Waals surface area contributed by atoms with Crippen LogP contribution >= 0.6 is 0 Å².